The number of rotatable bonds is 11. The molecule has 1 aromatic heterocycles. The fraction of sp³-hybridized carbons (Fsp3) is 0.571. The molecule has 162 valence electrons. The minimum atomic E-state index is 0. The van der Waals surface area contributed by atoms with Crippen LogP contribution in [0.1, 0.15) is 44.2 Å². The summed E-state index contributed by atoms with van der Waals surface area (Å²) in [5, 5.41) is 14.4. The van der Waals surface area contributed by atoms with Gasteiger partial charge in [0.05, 0.1) is 6.61 Å². The number of aliphatic imine (C=N–C) groups is 1. The fourth-order valence-corrected chi connectivity index (χ4v) is 2.71. The van der Waals surface area contributed by atoms with Crippen molar-refractivity contribution in [1.29, 1.82) is 0 Å². The normalized spacial score (nSPS) is 11.3. The number of aromatic nitrogens is 3. The van der Waals surface area contributed by atoms with Crippen molar-refractivity contribution >= 4 is 29.9 Å². The summed E-state index contributed by atoms with van der Waals surface area (Å²) in [5.74, 6) is 2.40. The Morgan fingerprint density at radius 2 is 1.93 bits per heavy atom. The zero-order chi connectivity index (χ0) is 20.2. The highest BCUT2D eigenvalue weighted by atomic mass is 127. The van der Waals surface area contributed by atoms with Gasteiger partial charge in [0.15, 0.2) is 5.96 Å². The van der Waals surface area contributed by atoms with E-state index in [4.69, 9.17) is 4.74 Å². The van der Waals surface area contributed by atoms with Crippen molar-refractivity contribution in [1.82, 2.24) is 25.4 Å². The molecule has 1 aromatic carbocycles. The molecule has 0 unspecified atom stereocenters. The molecule has 2 aromatic rings. The summed E-state index contributed by atoms with van der Waals surface area (Å²) in [5.41, 5.74) is 2.35. The van der Waals surface area contributed by atoms with Gasteiger partial charge in [-0.1, -0.05) is 26.0 Å². The van der Waals surface area contributed by atoms with Crippen LogP contribution in [0.4, 0.5) is 0 Å². The van der Waals surface area contributed by atoms with Gasteiger partial charge in [0.25, 0.3) is 0 Å². The summed E-state index contributed by atoms with van der Waals surface area (Å²) in [7, 11) is 1.79. The molecule has 0 aliphatic carbocycles. The van der Waals surface area contributed by atoms with E-state index in [1.54, 1.807) is 19.7 Å². The van der Waals surface area contributed by atoms with Gasteiger partial charge in [0.1, 0.15) is 18.4 Å². The van der Waals surface area contributed by atoms with Crippen molar-refractivity contribution in [2.45, 2.75) is 53.1 Å². The van der Waals surface area contributed by atoms with Crippen LogP contribution in [0.25, 0.3) is 0 Å². The molecule has 0 saturated heterocycles. The minimum Gasteiger partial charge on any atom is -0.493 e. The number of nitrogens with one attached hydrogen (secondary N) is 2. The molecule has 0 atom stereocenters. The van der Waals surface area contributed by atoms with Crippen molar-refractivity contribution in [2.75, 3.05) is 20.2 Å². The van der Waals surface area contributed by atoms with Crippen LogP contribution in [-0.2, 0) is 13.1 Å². The fourth-order valence-electron chi connectivity index (χ4n) is 2.71. The van der Waals surface area contributed by atoms with E-state index in [1.165, 1.54) is 5.56 Å². The second-order valence-corrected chi connectivity index (χ2v) is 7.40. The first-order valence-electron chi connectivity index (χ1n) is 10.1. The molecule has 0 spiro atoms. The molecule has 0 fully saturated rings. The predicted octanol–water partition coefficient (Wildman–Crippen LogP) is 3.77. The van der Waals surface area contributed by atoms with Crippen molar-refractivity contribution in [3.63, 3.8) is 0 Å². The number of benzene rings is 1. The van der Waals surface area contributed by atoms with E-state index < -0.39 is 0 Å². The molecule has 0 bridgehead atoms. The quantitative estimate of drug-likeness (QED) is 0.207. The van der Waals surface area contributed by atoms with E-state index in [0.29, 0.717) is 12.5 Å². The molecule has 0 aliphatic rings. The van der Waals surface area contributed by atoms with Crippen LogP contribution in [0, 0.1) is 12.8 Å². The molecule has 0 radical (unpaired) electrons. The smallest absolute Gasteiger partial charge is 0.191 e. The molecule has 2 N–H and O–H groups in total. The predicted molar refractivity (Wildman–Crippen MR) is 129 cm³/mol. The van der Waals surface area contributed by atoms with Gasteiger partial charge in [-0.2, -0.15) is 0 Å². The second-order valence-electron chi connectivity index (χ2n) is 7.40. The van der Waals surface area contributed by atoms with Crippen molar-refractivity contribution in [3.05, 3.63) is 42.0 Å². The Bertz CT molecular complexity index is 718. The van der Waals surface area contributed by atoms with Gasteiger partial charge in [0.2, 0.25) is 0 Å². The molecule has 0 amide bonds. The average Bonchev–Trinajstić information content (AvgIpc) is 3.18. The molecule has 29 heavy (non-hydrogen) atoms. The minimum absolute atomic E-state index is 0. The summed E-state index contributed by atoms with van der Waals surface area (Å²) in [6.45, 7) is 9.74. The van der Waals surface area contributed by atoms with Crippen LogP contribution < -0.4 is 15.4 Å². The maximum atomic E-state index is 6.03. The van der Waals surface area contributed by atoms with Gasteiger partial charge >= 0.3 is 0 Å². The Morgan fingerprint density at radius 3 is 2.62 bits per heavy atom. The molecule has 1 heterocycles. The Morgan fingerprint density at radius 1 is 1.17 bits per heavy atom. The van der Waals surface area contributed by atoms with Gasteiger partial charge in [0, 0.05) is 32.2 Å². The number of nitrogens with zero attached hydrogens (tertiary/aromatic N) is 4. The highest BCUT2D eigenvalue weighted by molar-refractivity contribution is 14.0. The van der Waals surface area contributed by atoms with Gasteiger partial charge in [-0.05, 0) is 43.7 Å². The van der Waals surface area contributed by atoms with E-state index in [2.05, 4.69) is 64.8 Å². The SMILES string of the molecule is CN=C(NCCCCn1cnnc1)NCc1ccc(C)cc1OCCC(C)C.I. The highest BCUT2D eigenvalue weighted by Crippen LogP contribution is 2.21. The average molecular weight is 514 g/mol. The van der Waals surface area contributed by atoms with E-state index in [0.717, 1.165) is 56.2 Å². The van der Waals surface area contributed by atoms with Crippen LogP contribution in [0.2, 0.25) is 0 Å². The lowest BCUT2D eigenvalue weighted by Crippen LogP contribution is -2.37. The van der Waals surface area contributed by atoms with Crippen LogP contribution in [0.5, 0.6) is 5.75 Å². The Kier molecular flexibility index (Phi) is 12.3. The topological polar surface area (TPSA) is 76.4 Å². The zero-order valence-electron chi connectivity index (χ0n) is 18.0. The number of hydrogen-bond acceptors (Lipinski definition) is 4. The van der Waals surface area contributed by atoms with Gasteiger partial charge < -0.3 is 19.9 Å². The molecular formula is C21H35IN6O. The van der Waals surface area contributed by atoms with E-state index in [9.17, 15) is 0 Å². The monoisotopic (exact) mass is 514 g/mol. The van der Waals surface area contributed by atoms with Crippen molar-refractivity contribution < 1.29 is 4.74 Å². The maximum Gasteiger partial charge on any atom is 0.191 e. The summed E-state index contributed by atoms with van der Waals surface area (Å²) in [6, 6.07) is 6.35. The Labute approximate surface area is 191 Å². The first-order chi connectivity index (χ1) is 13.6. The number of aryl methyl sites for hydroxylation is 2. The lowest BCUT2D eigenvalue weighted by molar-refractivity contribution is 0.286. The summed E-state index contributed by atoms with van der Waals surface area (Å²) < 4.78 is 8.02. The van der Waals surface area contributed by atoms with E-state index in [-0.39, 0.29) is 24.0 Å². The van der Waals surface area contributed by atoms with E-state index in [1.807, 2.05) is 4.57 Å². The summed E-state index contributed by atoms with van der Waals surface area (Å²) >= 11 is 0. The van der Waals surface area contributed by atoms with Gasteiger partial charge in [-0.3, -0.25) is 4.99 Å². The van der Waals surface area contributed by atoms with Crippen LogP contribution >= 0.6 is 24.0 Å². The Hall–Kier alpha value is -1.84. The third kappa shape index (κ3) is 9.96. The lowest BCUT2D eigenvalue weighted by atomic mass is 10.1. The summed E-state index contributed by atoms with van der Waals surface area (Å²) in [4.78, 5) is 4.31. The molecular weight excluding hydrogens is 479 g/mol. The zero-order valence-corrected chi connectivity index (χ0v) is 20.3. The standard InChI is InChI=1S/C21H34N6O.HI/c1-17(2)9-12-28-20-13-18(3)7-8-19(20)14-24-21(22-4)23-10-5-6-11-27-15-25-26-16-27;/h7-8,13,15-17H,5-6,9-12,14H2,1-4H3,(H2,22,23,24);1H. The van der Waals surface area contributed by atoms with Gasteiger partial charge in [-0.15, -0.1) is 34.2 Å². The third-order valence-corrected chi connectivity index (χ3v) is 4.45. The van der Waals surface area contributed by atoms with Crippen LogP contribution in [0.3, 0.4) is 0 Å². The largest absolute Gasteiger partial charge is 0.493 e. The number of guanidine groups is 1. The van der Waals surface area contributed by atoms with Crippen molar-refractivity contribution in [2.24, 2.45) is 10.9 Å². The third-order valence-electron chi connectivity index (χ3n) is 4.45. The Balaban J connectivity index is 0.00000420. The van der Waals surface area contributed by atoms with Gasteiger partial charge in [-0.25, -0.2) is 0 Å². The molecule has 7 nitrogen and oxygen atoms in total. The number of halogens is 1. The number of ether oxygens (including phenoxy) is 1. The maximum absolute atomic E-state index is 6.03. The molecule has 0 aliphatic heterocycles. The van der Waals surface area contributed by atoms with E-state index >= 15 is 0 Å². The van der Waals surface area contributed by atoms with Crippen LogP contribution in [0.15, 0.2) is 35.8 Å². The summed E-state index contributed by atoms with van der Waals surface area (Å²) in [6.07, 6.45) is 6.66. The first kappa shape index (κ1) is 25.2. The lowest BCUT2D eigenvalue weighted by Gasteiger charge is -2.16. The number of unbranched alkanes of at least 4 members (excludes halogenated alkanes) is 1. The molecule has 2 rings (SSSR count). The van der Waals surface area contributed by atoms with Crippen LogP contribution in [-0.4, -0.2) is 40.9 Å². The number of hydrogen-bond donors (Lipinski definition) is 2. The highest BCUT2D eigenvalue weighted by Gasteiger charge is 2.06. The molecule has 0 saturated carbocycles. The molecule has 8 heteroatoms. The van der Waals surface area contributed by atoms with Crippen molar-refractivity contribution in [3.8, 4) is 5.75 Å². The first-order valence-corrected chi connectivity index (χ1v) is 10.1. The second kappa shape index (κ2) is 14.2.